The average molecular weight is 438 g/mol. The number of aliphatic hydroxyl groups excluding tert-OH is 2. The SMILES string of the molecule is CCCCCCC(=O)OCn1c(=O)c(C(F)(F)F)cn([C@H]2C[C@H](O)[C@@H](CO)O2)c1=O. The second kappa shape index (κ2) is 10.2. The molecule has 2 rings (SSSR count). The Balaban J connectivity index is 2.30. The lowest BCUT2D eigenvalue weighted by Crippen LogP contribution is -2.45. The summed E-state index contributed by atoms with van der Waals surface area (Å²) >= 11 is 0. The molecule has 1 aliphatic rings. The third-order valence-corrected chi connectivity index (χ3v) is 4.78. The highest BCUT2D eigenvalue weighted by atomic mass is 19.4. The molecule has 0 bridgehead atoms. The Morgan fingerprint density at radius 3 is 2.57 bits per heavy atom. The highest BCUT2D eigenvalue weighted by Gasteiger charge is 2.40. The van der Waals surface area contributed by atoms with Gasteiger partial charge in [0, 0.05) is 19.0 Å². The maximum Gasteiger partial charge on any atom is 0.423 e. The highest BCUT2D eigenvalue weighted by molar-refractivity contribution is 5.69. The molecule has 1 saturated heterocycles. The molecule has 1 fully saturated rings. The Morgan fingerprint density at radius 2 is 2.00 bits per heavy atom. The Bertz CT molecular complexity index is 850. The minimum atomic E-state index is -5.08. The van der Waals surface area contributed by atoms with E-state index in [4.69, 9.17) is 14.6 Å². The zero-order valence-electron chi connectivity index (χ0n) is 16.4. The largest absolute Gasteiger partial charge is 0.444 e. The van der Waals surface area contributed by atoms with Crippen LogP contribution in [0.1, 0.15) is 57.2 Å². The van der Waals surface area contributed by atoms with Crippen molar-refractivity contribution in [1.82, 2.24) is 9.13 Å². The fourth-order valence-electron chi connectivity index (χ4n) is 3.09. The summed E-state index contributed by atoms with van der Waals surface area (Å²) in [6.45, 7) is 0.403. The van der Waals surface area contributed by atoms with Gasteiger partial charge >= 0.3 is 17.8 Å². The second-order valence-corrected chi connectivity index (χ2v) is 7.03. The quantitative estimate of drug-likeness (QED) is 0.438. The summed E-state index contributed by atoms with van der Waals surface area (Å²) in [6, 6.07) is 0. The van der Waals surface area contributed by atoms with E-state index in [1.54, 1.807) is 0 Å². The molecule has 1 aromatic rings. The number of nitrogens with zero attached hydrogens (tertiary/aromatic N) is 2. The number of aliphatic hydroxyl groups is 2. The van der Waals surface area contributed by atoms with E-state index in [1.165, 1.54) is 0 Å². The molecule has 2 N–H and O–H groups in total. The van der Waals surface area contributed by atoms with Crippen LogP contribution in [-0.2, 0) is 27.2 Å². The van der Waals surface area contributed by atoms with Crippen LogP contribution in [0, 0.1) is 0 Å². The maximum atomic E-state index is 13.3. The number of carbonyl (C=O) groups excluding carboxylic acids is 1. The van der Waals surface area contributed by atoms with Crippen LogP contribution in [0.2, 0.25) is 0 Å². The van der Waals surface area contributed by atoms with Gasteiger partial charge in [0.05, 0.1) is 12.7 Å². The van der Waals surface area contributed by atoms with E-state index in [-0.39, 0.29) is 17.4 Å². The molecule has 2 heterocycles. The highest BCUT2D eigenvalue weighted by Crippen LogP contribution is 2.30. The third kappa shape index (κ3) is 5.70. The predicted octanol–water partition coefficient (Wildman–Crippen LogP) is 1.14. The van der Waals surface area contributed by atoms with Gasteiger partial charge in [0.2, 0.25) is 0 Å². The topological polar surface area (TPSA) is 120 Å². The molecule has 0 spiro atoms. The molecule has 0 radical (unpaired) electrons. The van der Waals surface area contributed by atoms with Crippen molar-refractivity contribution in [2.24, 2.45) is 0 Å². The van der Waals surface area contributed by atoms with Crippen LogP contribution < -0.4 is 11.2 Å². The Morgan fingerprint density at radius 1 is 1.30 bits per heavy atom. The Labute approximate surface area is 169 Å². The van der Waals surface area contributed by atoms with E-state index in [2.05, 4.69) is 0 Å². The van der Waals surface area contributed by atoms with Crippen molar-refractivity contribution >= 4 is 5.97 Å². The molecule has 0 unspecified atom stereocenters. The van der Waals surface area contributed by atoms with Crippen molar-refractivity contribution < 1.29 is 37.7 Å². The van der Waals surface area contributed by atoms with E-state index in [0.717, 1.165) is 19.3 Å². The standard InChI is InChI=1S/C18H25F3N2O7/c1-2-3-4-5-6-15(26)29-10-23-16(27)11(18(19,20)21)8-22(17(23)28)14-7-12(25)13(9-24)30-14/h8,12-14,24-25H,2-7,9-10H2,1H3/t12-,13+,14+/m0/s1. The van der Waals surface area contributed by atoms with Gasteiger partial charge in [0.1, 0.15) is 17.9 Å². The summed E-state index contributed by atoms with van der Waals surface area (Å²) in [4.78, 5) is 36.6. The first-order valence-corrected chi connectivity index (χ1v) is 9.63. The van der Waals surface area contributed by atoms with Crippen molar-refractivity contribution in [2.45, 2.75) is 76.8 Å². The molecule has 9 nitrogen and oxygen atoms in total. The lowest BCUT2D eigenvalue weighted by atomic mass is 10.2. The van der Waals surface area contributed by atoms with Gasteiger partial charge in [0.15, 0.2) is 6.73 Å². The van der Waals surface area contributed by atoms with Crippen LogP contribution in [0.4, 0.5) is 13.2 Å². The number of ether oxygens (including phenoxy) is 2. The number of hydrogen-bond donors (Lipinski definition) is 2. The van der Waals surface area contributed by atoms with Gasteiger partial charge in [-0.15, -0.1) is 0 Å². The van der Waals surface area contributed by atoms with Gasteiger partial charge < -0.3 is 19.7 Å². The molecule has 0 amide bonds. The van der Waals surface area contributed by atoms with E-state index in [0.29, 0.717) is 17.2 Å². The number of alkyl halides is 3. The fourth-order valence-corrected chi connectivity index (χ4v) is 3.09. The van der Waals surface area contributed by atoms with Crippen LogP contribution in [0.15, 0.2) is 15.8 Å². The van der Waals surface area contributed by atoms with Crippen molar-refractivity contribution in [3.05, 3.63) is 32.6 Å². The molecule has 1 aromatic heterocycles. The van der Waals surface area contributed by atoms with Gasteiger partial charge in [0.25, 0.3) is 5.56 Å². The van der Waals surface area contributed by atoms with Gasteiger partial charge in [-0.1, -0.05) is 26.2 Å². The number of esters is 1. The summed E-state index contributed by atoms with van der Waals surface area (Å²) in [6.07, 6.45) is -5.49. The van der Waals surface area contributed by atoms with Gasteiger partial charge in [-0.3, -0.25) is 14.2 Å². The van der Waals surface area contributed by atoms with E-state index >= 15 is 0 Å². The molecular formula is C18H25F3N2O7. The lowest BCUT2D eigenvalue weighted by Gasteiger charge is -2.19. The minimum absolute atomic E-state index is 0.0119. The predicted molar refractivity (Wildman–Crippen MR) is 96.4 cm³/mol. The summed E-state index contributed by atoms with van der Waals surface area (Å²) < 4.78 is 50.7. The van der Waals surface area contributed by atoms with E-state index in [9.17, 15) is 32.7 Å². The minimum Gasteiger partial charge on any atom is -0.444 e. The Hall–Kier alpha value is -2.18. The number of carbonyl (C=O) groups is 1. The summed E-state index contributed by atoms with van der Waals surface area (Å²) in [7, 11) is 0. The molecule has 0 saturated carbocycles. The van der Waals surface area contributed by atoms with Crippen LogP contribution in [0.3, 0.4) is 0 Å². The first-order valence-electron chi connectivity index (χ1n) is 9.63. The number of hydrogen-bond acceptors (Lipinski definition) is 7. The van der Waals surface area contributed by atoms with Crippen molar-refractivity contribution in [3.8, 4) is 0 Å². The normalized spacial score (nSPS) is 21.7. The zero-order valence-corrected chi connectivity index (χ0v) is 16.4. The van der Waals surface area contributed by atoms with E-state index < -0.39 is 60.7 Å². The first-order chi connectivity index (χ1) is 14.1. The molecule has 30 heavy (non-hydrogen) atoms. The van der Waals surface area contributed by atoms with Crippen LogP contribution in [0.5, 0.6) is 0 Å². The first kappa shape index (κ1) is 24.1. The van der Waals surface area contributed by atoms with Gasteiger partial charge in [-0.05, 0) is 6.42 Å². The van der Waals surface area contributed by atoms with E-state index in [1.807, 2.05) is 6.92 Å². The average Bonchev–Trinajstić information content (AvgIpc) is 3.04. The molecule has 0 aromatic carbocycles. The zero-order chi connectivity index (χ0) is 22.5. The van der Waals surface area contributed by atoms with Gasteiger partial charge in [-0.2, -0.15) is 13.2 Å². The molecule has 3 atom stereocenters. The maximum absolute atomic E-state index is 13.3. The van der Waals surface area contributed by atoms with Crippen LogP contribution >= 0.6 is 0 Å². The van der Waals surface area contributed by atoms with Crippen molar-refractivity contribution in [3.63, 3.8) is 0 Å². The third-order valence-electron chi connectivity index (χ3n) is 4.78. The molecule has 1 aliphatic heterocycles. The lowest BCUT2D eigenvalue weighted by molar-refractivity contribution is -0.148. The monoisotopic (exact) mass is 438 g/mol. The smallest absolute Gasteiger partial charge is 0.423 e. The molecular weight excluding hydrogens is 413 g/mol. The summed E-state index contributed by atoms with van der Waals surface area (Å²) in [5, 5.41) is 18.9. The number of aromatic nitrogens is 2. The van der Waals surface area contributed by atoms with Crippen molar-refractivity contribution in [2.75, 3.05) is 6.61 Å². The van der Waals surface area contributed by atoms with Crippen molar-refractivity contribution in [1.29, 1.82) is 0 Å². The fraction of sp³-hybridized carbons (Fsp3) is 0.722. The number of unbranched alkanes of at least 4 members (excludes halogenated alkanes) is 3. The van der Waals surface area contributed by atoms with Crippen LogP contribution in [-0.4, -0.2) is 44.1 Å². The molecule has 12 heteroatoms. The van der Waals surface area contributed by atoms with Crippen LogP contribution in [0.25, 0.3) is 0 Å². The number of halogens is 3. The summed E-state index contributed by atoms with van der Waals surface area (Å²) in [5.41, 5.74) is -4.49. The summed E-state index contributed by atoms with van der Waals surface area (Å²) in [5.74, 6) is -0.741. The van der Waals surface area contributed by atoms with Gasteiger partial charge in [-0.25, -0.2) is 9.36 Å². The molecule has 170 valence electrons. The number of rotatable bonds is 9. The molecule has 0 aliphatic carbocycles. The Kier molecular flexibility index (Phi) is 8.21. The second-order valence-electron chi connectivity index (χ2n) is 7.03.